The summed E-state index contributed by atoms with van der Waals surface area (Å²) in [7, 11) is 1.51. The van der Waals surface area contributed by atoms with Gasteiger partial charge < -0.3 is 25.2 Å². The molecule has 4 rings (SSSR count). The van der Waals surface area contributed by atoms with Crippen molar-refractivity contribution in [3.63, 3.8) is 0 Å². The first-order valence-corrected chi connectivity index (χ1v) is 11.9. The first-order valence-electron chi connectivity index (χ1n) is 11.9. The van der Waals surface area contributed by atoms with Crippen molar-refractivity contribution in [2.24, 2.45) is 0 Å². The summed E-state index contributed by atoms with van der Waals surface area (Å²) in [6.45, 7) is 1.85. The Balaban J connectivity index is 1.96. The first kappa shape index (κ1) is 24.0. The number of ether oxygens (including phenoxy) is 1. The summed E-state index contributed by atoms with van der Waals surface area (Å²) in [5, 5.41) is 42.2. The van der Waals surface area contributed by atoms with Crippen LogP contribution in [0.5, 0.6) is 17.2 Å². The van der Waals surface area contributed by atoms with Crippen LogP contribution in [0.1, 0.15) is 77.2 Å². The minimum absolute atomic E-state index is 0.00532. The quantitative estimate of drug-likeness (QED) is 0.276. The highest BCUT2D eigenvalue weighted by Crippen LogP contribution is 2.53. The molecule has 1 saturated carbocycles. The van der Waals surface area contributed by atoms with Crippen molar-refractivity contribution < 1.29 is 30.0 Å². The second-order valence-electron chi connectivity index (χ2n) is 8.85. The molecule has 0 saturated heterocycles. The summed E-state index contributed by atoms with van der Waals surface area (Å²) in [6.07, 6.45) is 6.13. The number of phenols is 2. The Kier molecular flexibility index (Phi) is 7.10. The molecule has 0 aliphatic heterocycles. The van der Waals surface area contributed by atoms with Crippen LogP contribution in [-0.2, 0) is 12.8 Å². The summed E-state index contributed by atoms with van der Waals surface area (Å²) < 4.78 is 5.49. The Labute approximate surface area is 199 Å². The third kappa shape index (κ3) is 4.12. The van der Waals surface area contributed by atoms with Gasteiger partial charge in [-0.2, -0.15) is 0 Å². The second-order valence-corrected chi connectivity index (χ2v) is 8.85. The average molecular weight is 465 g/mol. The van der Waals surface area contributed by atoms with Crippen molar-refractivity contribution in [2.75, 3.05) is 20.3 Å². The molecule has 34 heavy (non-hydrogen) atoms. The van der Waals surface area contributed by atoms with E-state index in [1.807, 2.05) is 25.1 Å². The number of hydrogen-bond donors (Lipinski definition) is 4. The number of fused-ring (bicyclic) bond motifs is 2. The lowest BCUT2D eigenvalue weighted by Crippen LogP contribution is -2.18. The van der Waals surface area contributed by atoms with Gasteiger partial charge in [0.15, 0.2) is 0 Å². The fourth-order valence-electron chi connectivity index (χ4n) is 4.99. The smallest absolute Gasteiger partial charge is 0.201 e. The lowest BCUT2D eigenvalue weighted by Gasteiger charge is -2.28. The molecule has 2 aliphatic rings. The van der Waals surface area contributed by atoms with Gasteiger partial charge in [0.1, 0.15) is 17.2 Å². The molecule has 0 aromatic heterocycles. The van der Waals surface area contributed by atoms with Crippen LogP contribution in [0.3, 0.4) is 0 Å². The molecule has 0 radical (unpaired) electrons. The fourth-order valence-corrected chi connectivity index (χ4v) is 4.99. The zero-order valence-corrected chi connectivity index (χ0v) is 19.8. The predicted octanol–water partition coefficient (Wildman–Crippen LogP) is 4.43. The highest BCUT2D eigenvalue weighted by atomic mass is 16.5. The third-order valence-electron chi connectivity index (χ3n) is 6.71. The molecule has 180 valence electrons. The third-order valence-corrected chi connectivity index (χ3v) is 6.71. The Morgan fingerprint density at radius 2 is 1.74 bits per heavy atom. The topological polar surface area (TPSA) is 107 Å². The summed E-state index contributed by atoms with van der Waals surface area (Å²) in [5.41, 5.74) is 5.45. The van der Waals surface area contributed by atoms with Gasteiger partial charge in [0, 0.05) is 23.3 Å². The number of aliphatic hydroxyl groups excluding tert-OH is 2. The summed E-state index contributed by atoms with van der Waals surface area (Å²) in [4.78, 5) is 13.7. The van der Waals surface area contributed by atoms with E-state index < -0.39 is 0 Å². The highest BCUT2D eigenvalue weighted by Gasteiger charge is 2.39. The lowest BCUT2D eigenvalue weighted by atomic mass is 9.76. The molecule has 6 nitrogen and oxygen atoms in total. The van der Waals surface area contributed by atoms with Crippen molar-refractivity contribution in [3.8, 4) is 17.2 Å². The minimum Gasteiger partial charge on any atom is -0.507 e. The molecular weight excluding hydrogens is 432 g/mol. The van der Waals surface area contributed by atoms with E-state index in [0.717, 1.165) is 41.5 Å². The molecule has 0 unspecified atom stereocenters. The summed E-state index contributed by atoms with van der Waals surface area (Å²) >= 11 is 0. The fraction of sp³-hybridized carbons (Fsp3) is 0.393. The van der Waals surface area contributed by atoms with Crippen LogP contribution in [-0.4, -0.2) is 46.5 Å². The van der Waals surface area contributed by atoms with Crippen LogP contribution in [0.25, 0.3) is 5.57 Å². The highest BCUT2D eigenvalue weighted by molar-refractivity contribution is 6.23. The number of methoxy groups -OCH3 is 1. The molecule has 2 aromatic rings. The standard InChI is InChI=1S/C28H32O6/c1-3-6-16(15-30)10-13-19-18(8-5-14-29)27(32)25-24(26(19)31)22(17-11-12-17)20-7-4-9-21(34-2)23(20)28(25)33/h4,6-7,9,29-32H,3,5,8,10-15H2,1-2H3/b16-6+. The van der Waals surface area contributed by atoms with Crippen molar-refractivity contribution in [1.29, 1.82) is 0 Å². The number of phenolic OH excluding ortho intramolecular Hbond substituents is 2. The monoisotopic (exact) mass is 464 g/mol. The van der Waals surface area contributed by atoms with Gasteiger partial charge in [-0.3, -0.25) is 4.79 Å². The minimum atomic E-state index is -0.376. The predicted molar refractivity (Wildman–Crippen MR) is 131 cm³/mol. The maximum atomic E-state index is 13.7. The van der Waals surface area contributed by atoms with E-state index in [1.165, 1.54) is 7.11 Å². The largest absolute Gasteiger partial charge is 0.507 e. The zero-order valence-electron chi connectivity index (χ0n) is 19.8. The van der Waals surface area contributed by atoms with Gasteiger partial charge in [-0.15, -0.1) is 0 Å². The van der Waals surface area contributed by atoms with E-state index >= 15 is 0 Å². The lowest BCUT2D eigenvalue weighted by molar-refractivity contribution is 0.103. The number of carbonyl (C=O) groups is 1. The van der Waals surface area contributed by atoms with Crippen molar-refractivity contribution in [1.82, 2.24) is 0 Å². The Morgan fingerprint density at radius 1 is 1.03 bits per heavy atom. The van der Waals surface area contributed by atoms with Crippen molar-refractivity contribution in [2.45, 2.75) is 51.9 Å². The van der Waals surface area contributed by atoms with Gasteiger partial charge >= 0.3 is 0 Å². The van der Waals surface area contributed by atoms with E-state index in [-0.39, 0.29) is 36.1 Å². The van der Waals surface area contributed by atoms with Crippen molar-refractivity contribution >= 4 is 11.4 Å². The van der Waals surface area contributed by atoms with Gasteiger partial charge in [-0.1, -0.05) is 30.7 Å². The Hall–Kier alpha value is -3.09. The molecule has 0 spiro atoms. The molecule has 0 heterocycles. The van der Waals surface area contributed by atoms with E-state index in [0.29, 0.717) is 53.7 Å². The van der Waals surface area contributed by atoms with E-state index in [1.54, 1.807) is 6.07 Å². The maximum Gasteiger partial charge on any atom is 0.201 e. The van der Waals surface area contributed by atoms with Crippen LogP contribution in [0, 0.1) is 0 Å². The van der Waals surface area contributed by atoms with Gasteiger partial charge in [-0.05, 0) is 67.7 Å². The van der Waals surface area contributed by atoms with Gasteiger partial charge in [0.2, 0.25) is 5.78 Å². The van der Waals surface area contributed by atoms with E-state index in [9.17, 15) is 25.2 Å². The Morgan fingerprint density at radius 3 is 2.35 bits per heavy atom. The number of allylic oxidation sites excluding steroid dienone is 2. The number of rotatable bonds is 9. The van der Waals surface area contributed by atoms with Crippen molar-refractivity contribution in [3.05, 3.63) is 68.8 Å². The molecule has 2 aliphatic carbocycles. The van der Waals surface area contributed by atoms with E-state index in [4.69, 9.17) is 4.74 Å². The van der Waals surface area contributed by atoms with E-state index in [2.05, 4.69) is 0 Å². The normalized spacial score (nSPS) is 14.8. The molecule has 0 bridgehead atoms. The molecule has 2 aromatic carbocycles. The number of hydrogen-bond acceptors (Lipinski definition) is 6. The average Bonchev–Trinajstić information content (AvgIpc) is 3.68. The number of carbonyl (C=O) groups excluding carboxylic acids is 1. The van der Waals surface area contributed by atoms with Gasteiger partial charge in [-0.25, -0.2) is 0 Å². The van der Waals surface area contributed by atoms with Crippen LogP contribution < -0.4 is 4.74 Å². The van der Waals surface area contributed by atoms with Crippen LogP contribution in [0.2, 0.25) is 0 Å². The maximum absolute atomic E-state index is 13.7. The second kappa shape index (κ2) is 10.0. The summed E-state index contributed by atoms with van der Waals surface area (Å²) in [6, 6.07) is 5.42. The van der Waals surface area contributed by atoms with Crippen LogP contribution >= 0.6 is 0 Å². The molecule has 0 amide bonds. The number of aromatic hydroxyl groups is 2. The number of aliphatic hydroxyl groups is 2. The first-order chi connectivity index (χ1) is 16.5. The van der Waals surface area contributed by atoms with Crippen LogP contribution in [0.15, 0.2) is 35.4 Å². The molecule has 1 fully saturated rings. The molecule has 6 heteroatoms. The van der Waals surface area contributed by atoms with Crippen LogP contribution in [0.4, 0.5) is 0 Å². The number of benzene rings is 2. The molecular formula is C28H32O6. The molecule has 4 N–H and O–H groups in total. The number of ketones is 1. The van der Waals surface area contributed by atoms with Gasteiger partial charge in [0.25, 0.3) is 0 Å². The summed E-state index contributed by atoms with van der Waals surface area (Å²) in [5.74, 6) is -0.0737. The van der Waals surface area contributed by atoms with Gasteiger partial charge in [0.05, 0.1) is 24.8 Å². The molecule has 0 atom stereocenters. The zero-order chi connectivity index (χ0) is 24.4. The Bertz CT molecular complexity index is 1180. The SMILES string of the molecule is CC/C=C(/CO)CCc1c(O)c2c(c(O)c1CCCO)C(=O)c1c(OC)cccc1C2=C1CC1.